The van der Waals surface area contributed by atoms with Crippen LogP contribution < -0.4 is 5.56 Å². The van der Waals surface area contributed by atoms with Crippen LogP contribution in [0.5, 0.6) is 0 Å². The highest BCUT2D eigenvalue weighted by molar-refractivity contribution is 6.30. The zero-order chi connectivity index (χ0) is 24.5. The summed E-state index contributed by atoms with van der Waals surface area (Å²) in [5.74, 6) is 0.547. The Morgan fingerprint density at radius 1 is 0.861 bits per heavy atom. The van der Waals surface area contributed by atoms with Gasteiger partial charge in [0.25, 0.3) is 5.56 Å². The molecule has 8 heteroatoms. The molecule has 0 radical (unpaired) electrons. The summed E-state index contributed by atoms with van der Waals surface area (Å²) < 4.78 is 8.92. The molecule has 1 aliphatic heterocycles. The molecule has 6 rings (SSSR count). The van der Waals surface area contributed by atoms with Gasteiger partial charge in [0.1, 0.15) is 12.2 Å². The van der Waals surface area contributed by atoms with Gasteiger partial charge in [0.15, 0.2) is 11.2 Å². The summed E-state index contributed by atoms with van der Waals surface area (Å²) in [7, 11) is 0. The minimum absolute atomic E-state index is 0.232. The van der Waals surface area contributed by atoms with Crippen molar-refractivity contribution < 1.29 is 4.74 Å². The first-order chi connectivity index (χ1) is 17.7. The first-order valence-electron chi connectivity index (χ1n) is 11.9. The van der Waals surface area contributed by atoms with Crippen molar-refractivity contribution in [3.63, 3.8) is 0 Å². The Bertz CT molecular complexity index is 1550. The van der Waals surface area contributed by atoms with E-state index in [1.54, 1.807) is 23.0 Å². The average Bonchev–Trinajstić information content (AvgIpc) is 3.35. The first kappa shape index (κ1) is 22.7. The van der Waals surface area contributed by atoms with Gasteiger partial charge in [-0.2, -0.15) is 0 Å². The molecule has 0 N–H and O–H groups in total. The molecule has 0 amide bonds. The maximum absolute atomic E-state index is 13.8. The van der Waals surface area contributed by atoms with Gasteiger partial charge in [-0.3, -0.25) is 18.8 Å². The Morgan fingerprint density at radius 2 is 1.58 bits per heavy atom. The summed E-state index contributed by atoms with van der Waals surface area (Å²) in [5, 5.41) is 0.600. The molecule has 7 nitrogen and oxygen atoms in total. The topological polar surface area (TPSA) is 65.2 Å². The molecule has 1 aliphatic rings. The number of aromatic nitrogens is 4. The maximum Gasteiger partial charge on any atom is 0.286 e. The van der Waals surface area contributed by atoms with Crippen molar-refractivity contribution in [2.24, 2.45) is 0 Å². The normalized spacial score (nSPS) is 14.4. The minimum Gasteiger partial charge on any atom is -0.379 e. The number of halogens is 1. The van der Waals surface area contributed by atoms with Gasteiger partial charge in [-0.05, 0) is 42.0 Å². The molecule has 1 saturated heterocycles. The van der Waals surface area contributed by atoms with Crippen LogP contribution in [-0.4, -0.2) is 50.3 Å². The fraction of sp³-hybridized carbons (Fsp3) is 0.179. The predicted molar refractivity (Wildman–Crippen MR) is 141 cm³/mol. The Hall–Kier alpha value is -3.78. The van der Waals surface area contributed by atoms with Gasteiger partial charge in [-0.1, -0.05) is 54.1 Å². The zero-order valence-electron chi connectivity index (χ0n) is 19.5. The molecule has 0 spiro atoms. The summed E-state index contributed by atoms with van der Waals surface area (Å²) in [6, 6.07) is 25.2. The molecular formula is C28H24ClN5O2. The molecule has 0 unspecified atom stereocenters. The third kappa shape index (κ3) is 4.33. The Balaban J connectivity index is 1.49. The molecule has 3 aromatic carbocycles. The van der Waals surface area contributed by atoms with Crippen molar-refractivity contribution in [2.75, 3.05) is 26.3 Å². The molecular weight excluding hydrogens is 474 g/mol. The Morgan fingerprint density at radius 3 is 2.31 bits per heavy atom. The lowest BCUT2D eigenvalue weighted by molar-refractivity contribution is 0.0342. The van der Waals surface area contributed by atoms with E-state index in [9.17, 15) is 4.79 Å². The van der Waals surface area contributed by atoms with Crippen LogP contribution in [0.1, 0.15) is 5.56 Å². The standard InChI is InChI=1S/C28H24ClN5O2/c29-22-10-12-24(13-11-22)34-26(21-8-6-20(7-9-21)18-32-14-16-36-17-15-32)31-27-25(28(34)35)30-19-33(27)23-4-2-1-3-5-23/h1-13,19H,14-18H2. The highest BCUT2D eigenvalue weighted by atomic mass is 35.5. The van der Waals surface area contributed by atoms with E-state index in [-0.39, 0.29) is 5.56 Å². The van der Waals surface area contributed by atoms with Crippen molar-refractivity contribution >= 4 is 22.8 Å². The van der Waals surface area contributed by atoms with Crippen molar-refractivity contribution in [1.82, 2.24) is 24.0 Å². The molecule has 36 heavy (non-hydrogen) atoms. The van der Waals surface area contributed by atoms with Gasteiger partial charge >= 0.3 is 0 Å². The number of nitrogens with zero attached hydrogens (tertiary/aromatic N) is 5. The summed E-state index contributed by atoms with van der Waals surface area (Å²) in [4.78, 5) is 25.6. The Labute approximate surface area is 213 Å². The maximum atomic E-state index is 13.8. The number of benzene rings is 3. The van der Waals surface area contributed by atoms with E-state index in [1.165, 1.54) is 5.56 Å². The minimum atomic E-state index is -0.232. The van der Waals surface area contributed by atoms with Crippen molar-refractivity contribution in [1.29, 1.82) is 0 Å². The highest BCUT2D eigenvalue weighted by Gasteiger charge is 2.19. The number of fused-ring (bicyclic) bond motifs is 1. The van der Waals surface area contributed by atoms with Crippen LogP contribution in [0.4, 0.5) is 0 Å². The molecule has 0 saturated carbocycles. The second kappa shape index (κ2) is 9.70. The second-order valence-corrected chi connectivity index (χ2v) is 9.20. The summed E-state index contributed by atoms with van der Waals surface area (Å²) in [6.07, 6.45) is 1.65. The number of rotatable bonds is 5. The van der Waals surface area contributed by atoms with Gasteiger partial charge in [-0.15, -0.1) is 0 Å². The summed E-state index contributed by atoms with van der Waals surface area (Å²) in [6.45, 7) is 4.26. The van der Waals surface area contributed by atoms with Crippen LogP contribution in [0.15, 0.2) is 90.0 Å². The van der Waals surface area contributed by atoms with E-state index < -0.39 is 0 Å². The lowest BCUT2D eigenvalue weighted by Gasteiger charge is -2.26. The molecule has 3 heterocycles. The fourth-order valence-electron chi connectivity index (χ4n) is 4.53. The van der Waals surface area contributed by atoms with E-state index in [0.717, 1.165) is 44.1 Å². The zero-order valence-corrected chi connectivity index (χ0v) is 20.3. The molecule has 0 atom stereocenters. The van der Waals surface area contributed by atoms with Crippen molar-refractivity contribution in [3.8, 4) is 22.8 Å². The number of hydrogen-bond acceptors (Lipinski definition) is 5. The predicted octanol–water partition coefficient (Wildman–Crippen LogP) is 4.72. The average molecular weight is 498 g/mol. The van der Waals surface area contributed by atoms with E-state index in [1.807, 2.05) is 59.2 Å². The number of ether oxygens (including phenoxy) is 1. The number of hydrogen-bond donors (Lipinski definition) is 0. The van der Waals surface area contributed by atoms with Gasteiger partial charge in [0.05, 0.1) is 18.9 Å². The quantitative estimate of drug-likeness (QED) is 0.351. The SMILES string of the molecule is O=c1c2ncn(-c3ccccc3)c2nc(-c2ccc(CN3CCOCC3)cc2)n1-c1ccc(Cl)cc1. The fourth-order valence-corrected chi connectivity index (χ4v) is 4.66. The molecule has 0 bridgehead atoms. The monoisotopic (exact) mass is 497 g/mol. The number of morpholine rings is 1. The largest absolute Gasteiger partial charge is 0.379 e. The molecule has 2 aromatic heterocycles. The molecule has 180 valence electrons. The summed E-state index contributed by atoms with van der Waals surface area (Å²) >= 11 is 6.13. The molecule has 0 aliphatic carbocycles. The number of imidazole rings is 1. The second-order valence-electron chi connectivity index (χ2n) is 8.76. The van der Waals surface area contributed by atoms with E-state index >= 15 is 0 Å². The number of para-hydroxylation sites is 1. The lowest BCUT2D eigenvalue weighted by Crippen LogP contribution is -2.35. The van der Waals surface area contributed by atoms with Crippen LogP contribution in [0.3, 0.4) is 0 Å². The van der Waals surface area contributed by atoms with Crippen LogP contribution in [0.25, 0.3) is 33.9 Å². The molecule has 1 fully saturated rings. The first-order valence-corrected chi connectivity index (χ1v) is 12.3. The third-order valence-electron chi connectivity index (χ3n) is 6.41. The van der Waals surface area contributed by atoms with Gasteiger partial charge < -0.3 is 4.74 Å². The summed E-state index contributed by atoms with van der Waals surface area (Å²) in [5.41, 5.74) is 4.21. The van der Waals surface area contributed by atoms with E-state index in [0.29, 0.717) is 27.7 Å². The highest BCUT2D eigenvalue weighted by Crippen LogP contribution is 2.25. The van der Waals surface area contributed by atoms with Crippen molar-refractivity contribution in [3.05, 3.63) is 106 Å². The van der Waals surface area contributed by atoms with Crippen molar-refractivity contribution in [2.45, 2.75) is 6.54 Å². The van der Waals surface area contributed by atoms with E-state index in [2.05, 4.69) is 22.0 Å². The van der Waals surface area contributed by atoms with Gasteiger partial charge in [-0.25, -0.2) is 9.97 Å². The van der Waals surface area contributed by atoms with Crippen LogP contribution in [-0.2, 0) is 11.3 Å². The third-order valence-corrected chi connectivity index (χ3v) is 6.66. The lowest BCUT2D eigenvalue weighted by atomic mass is 10.1. The smallest absolute Gasteiger partial charge is 0.286 e. The van der Waals surface area contributed by atoms with E-state index in [4.69, 9.17) is 21.3 Å². The van der Waals surface area contributed by atoms with Crippen LogP contribution >= 0.6 is 11.6 Å². The van der Waals surface area contributed by atoms with Crippen LogP contribution in [0.2, 0.25) is 5.02 Å². The Kier molecular flexibility index (Phi) is 6.11. The van der Waals surface area contributed by atoms with Gasteiger partial charge in [0.2, 0.25) is 0 Å². The van der Waals surface area contributed by atoms with Gasteiger partial charge in [0, 0.05) is 35.9 Å². The van der Waals surface area contributed by atoms with Crippen LogP contribution in [0, 0.1) is 0 Å². The molecule has 5 aromatic rings.